The number of hydrogen-bond acceptors (Lipinski definition) is 5. The zero-order valence-corrected chi connectivity index (χ0v) is 15.7. The van der Waals surface area contributed by atoms with Crippen LogP contribution in [0.25, 0.3) is 11.3 Å². The van der Waals surface area contributed by atoms with Gasteiger partial charge in [0.25, 0.3) is 0 Å². The van der Waals surface area contributed by atoms with Crippen molar-refractivity contribution < 1.29 is 4.79 Å². The van der Waals surface area contributed by atoms with Crippen LogP contribution in [0.5, 0.6) is 0 Å². The molecule has 7 heteroatoms. The predicted octanol–water partition coefficient (Wildman–Crippen LogP) is 3.55. The van der Waals surface area contributed by atoms with Crippen LogP contribution in [-0.4, -0.2) is 47.0 Å². The fraction of sp³-hybridized carbons (Fsp3) is 0.471. The Morgan fingerprint density at radius 3 is 2.50 bits per heavy atom. The second-order valence-corrected chi connectivity index (χ2v) is 8.14. The van der Waals surface area contributed by atoms with Crippen molar-refractivity contribution in [2.24, 2.45) is 5.41 Å². The Kier molecular flexibility index (Phi) is 4.78. The van der Waals surface area contributed by atoms with Crippen molar-refractivity contribution in [1.82, 2.24) is 14.9 Å². The standard InChI is InChI=1S/C17H21ClN4OS/c1-17(2,3)15(23)21-6-8-22(9-7-21)16-20-13(11-24-16)12-4-5-14(18)19-10-12/h4-5,10-11H,6-9H2,1-3H3. The smallest absolute Gasteiger partial charge is 0.228 e. The van der Waals surface area contributed by atoms with Gasteiger partial charge in [-0.25, -0.2) is 9.97 Å². The Bertz CT molecular complexity index is 715. The molecule has 0 atom stereocenters. The van der Waals surface area contributed by atoms with E-state index in [2.05, 4.69) is 9.88 Å². The maximum atomic E-state index is 12.4. The van der Waals surface area contributed by atoms with E-state index in [0.717, 1.165) is 42.6 Å². The lowest BCUT2D eigenvalue weighted by molar-refractivity contribution is -0.139. The van der Waals surface area contributed by atoms with E-state index in [1.165, 1.54) is 0 Å². The summed E-state index contributed by atoms with van der Waals surface area (Å²) < 4.78 is 0. The molecule has 24 heavy (non-hydrogen) atoms. The van der Waals surface area contributed by atoms with Gasteiger partial charge in [-0.15, -0.1) is 11.3 Å². The molecule has 5 nitrogen and oxygen atoms in total. The highest BCUT2D eigenvalue weighted by atomic mass is 35.5. The lowest BCUT2D eigenvalue weighted by atomic mass is 9.94. The summed E-state index contributed by atoms with van der Waals surface area (Å²) in [7, 11) is 0. The van der Waals surface area contributed by atoms with Crippen molar-refractivity contribution in [3.8, 4) is 11.3 Å². The van der Waals surface area contributed by atoms with Crippen LogP contribution in [0.2, 0.25) is 5.15 Å². The summed E-state index contributed by atoms with van der Waals surface area (Å²) in [4.78, 5) is 25.4. The minimum Gasteiger partial charge on any atom is -0.345 e. The summed E-state index contributed by atoms with van der Waals surface area (Å²) in [6.07, 6.45) is 1.74. The van der Waals surface area contributed by atoms with Gasteiger partial charge >= 0.3 is 0 Å². The van der Waals surface area contributed by atoms with Crippen molar-refractivity contribution in [2.45, 2.75) is 20.8 Å². The highest BCUT2D eigenvalue weighted by molar-refractivity contribution is 7.14. The number of aromatic nitrogens is 2. The summed E-state index contributed by atoms with van der Waals surface area (Å²) in [5.41, 5.74) is 1.55. The van der Waals surface area contributed by atoms with Crippen LogP contribution < -0.4 is 4.90 Å². The fourth-order valence-electron chi connectivity index (χ4n) is 2.64. The first-order valence-electron chi connectivity index (χ1n) is 7.96. The molecule has 1 amide bonds. The van der Waals surface area contributed by atoms with Gasteiger partial charge < -0.3 is 9.80 Å². The first-order valence-corrected chi connectivity index (χ1v) is 9.22. The molecule has 0 unspecified atom stereocenters. The number of hydrogen-bond donors (Lipinski definition) is 0. The SMILES string of the molecule is CC(C)(C)C(=O)N1CCN(c2nc(-c3ccc(Cl)nc3)cs2)CC1. The van der Waals surface area contributed by atoms with E-state index in [0.29, 0.717) is 5.15 Å². The number of anilines is 1. The third-order valence-corrected chi connectivity index (χ3v) is 5.12. The zero-order chi connectivity index (χ0) is 17.3. The number of carbonyl (C=O) groups is 1. The van der Waals surface area contributed by atoms with Crippen LogP contribution in [-0.2, 0) is 4.79 Å². The van der Waals surface area contributed by atoms with Gasteiger partial charge in [-0.05, 0) is 12.1 Å². The monoisotopic (exact) mass is 364 g/mol. The molecule has 1 fully saturated rings. The molecule has 3 heterocycles. The Labute approximate surface area is 151 Å². The predicted molar refractivity (Wildman–Crippen MR) is 98.6 cm³/mol. The lowest BCUT2D eigenvalue weighted by Gasteiger charge is -2.37. The van der Waals surface area contributed by atoms with Gasteiger partial charge in [0.05, 0.1) is 5.69 Å². The van der Waals surface area contributed by atoms with Crippen molar-refractivity contribution in [2.75, 3.05) is 31.1 Å². The molecule has 0 saturated carbocycles. The summed E-state index contributed by atoms with van der Waals surface area (Å²) in [6.45, 7) is 9.02. The Morgan fingerprint density at radius 1 is 1.21 bits per heavy atom. The molecule has 1 aliphatic rings. The van der Waals surface area contributed by atoms with Crippen LogP contribution in [0.15, 0.2) is 23.7 Å². The molecule has 0 radical (unpaired) electrons. The Balaban J connectivity index is 1.65. The molecular weight excluding hydrogens is 344 g/mol. The molecule has 1 saturated heterocycles. The van der Waals surface area contributed by atoms with E-state index >= 15 is 0 Å². The molecule has 2 aromatic rings. The highest BCUT2D eigenvalue weighted by Crippen LogP contribution is 2.28. The van der Waals surface area contributed by atoms with Gasteiger partial charge in [-0.3, -0.25) is 4.79 Å². The third kappa shape index (κ3) is 3.70. The number of carbonyl (C=O) groups excluding carboxylic acids is 1. The highest BCUT2D eigenvalue weighted by Gasteiger charge is 2.30. The topological polar surface area (TPSA) is 49.3 Å². The van der Waals surface area contributed by atoms with Crippen LogP contribution >= 0.6 is 22.9 Å². The van der Waals surface area contributed by atoms with Gasteiger partial charge in [-0.2, -0.15) is 0 Å². The lowest BCUT2D eigenvalue weighted by Crippen LogP contribution is -2.51. The fourth-order valence-corrected chi connectivity index (χ4v) is 3.64. The first kappa shape index (κ1) is 17.2. The van der Waals surface area contributed by atoms with Crippen LogP contribution in [0.3, 0.4) is 0 Å². The molecule has 0 aliphatic carbocycles. The Hall–Kier alpha value is -1.66. The maximum absolute atomic E-state index is 12.4. The molecule has 3 rings (SSSR count). The second-order valence-electron chi connectivity index (χ2n) is 6.91. The average molecular weight is 365 g/mol. The van der Waals surface area contributed by atoms with Gasteiger partial charge in [-0.1, -0.05) is 32.4 Å². The summed E-state index contributed by atoms with van der Waals surface area (Å²) in [6, 6.07) is 3.70. The van der Waals surface area contributed by atoms with Crippen LogP contribution in [0, 0.1) is 5.41 Å². The van der Waals surface area contributed by atoms with E-state index in [9.17, 15) is 4.79 Å². The summed E-state index contributed by atoms with van der Waals surface area (Å²) in [5, 5.41) is 3.50. The third-order valence-electron chi connectivity index (χ3n) is 3.99. The second kappa shape index (κ2) is 6.69. The number of thiazole rings is 1. The molecule has 0 N–H and O–H groups in total. The average Bonchev–Trinajstić information content (AvgIpc) is 3.04. The Morgan fingerprint density at radius 2 is 1.92 bits per heavy atom. The maximum Gasteiger partial charge on any atom is 0.228 e. The zero-order valence-electron chi connectivity index (χ0n) is 14.1. The van der Waals surface area contributed by atoms with Gasteiger partial charge in [0.15, 0.2) is 5.13 Å². The number of amides is 1. The molecule has 1 aliphatic heterocycles. The van der Waals surface area contributed by atoms with Crippen molar-refractivity contribution >= 4 is 34.0 Å². The van der Waals surface area contributed by atoms with E-state index < -0.39 is 0 Å². The number of halogens is 1. The minimum atomic E-state index is -0.321. The van der Waals surface area contributed by atoms with Gasteiger partial charge in [0.2, 0.25) is 5.91 Å². The van der Waals surface area contributed by atoms with E-state index in [-0.39, 0.29) is 11.3 Å². The van der Waals surface area contributed by atoms with Gasteiger partial charge in [0.1, 0.15) is 5.15 Å². The largest absolute Gasteiger partial charge is 0.345 e. The molecular formula is C17H21ClN4OS. The quantitative estimate of drug-likeness (QED) is 0.764. The van der Waals surface area contributed by atoms with Crippen LogP contribution in [0.4, 0.5) is 5.13 Å². The normalized spacial score (nSPS) is 15.7. The minimum absolute atomic E-state index is 0.217. The van der Waals surface area contributed by atoms with Crippen molar-refractivity contribution in [1.29, 1.82) is 0 Å². The summed E-state index contributed by atoms with van der Waals surface area (Å²) >= 11 is 7.45. The number of rotatable bonds is 2. The van der Waals surface area contributed by atoms with E-state index in [4.69, 9.17) is 16.6 Å². The van der Waals surface area contributed by atoms with Crippen LogP contribution in [0.1, 0.15) is 20.8 Å². The summed E-state index contributed by atoms with van der Waals surface area (Å²) in [5.74, 6) is 0.217. The molecule has 0 spiro atoms. The van der Waals surface area contributed by atoms with Crippen molar-refractivity contribution in [3.05, 3.63) is 28.9 Å². The van der Waals surface area contributed by atoms with E-state index in [1.807, 2.05) is 37.1 Å². The molecule has 0 bridgehead atoms. The number of pyridine rings is 1. The molecule has 0 aromatic carbocycles. The van der Waals surface area contributed by atoms with Gasteiger partial charge in [0, 0.05) is 48.7 Å². The molecule has 128 valence electrons. The molecule has 2 aromatic heterocycles. The number of piperazine rings is 1. The number of nitrogens with zero attached hydrogens (tertiary/aromatic N) is 4. The van der Waals surface area contributed by atoms with Crippen molar-refractivity contribution in [3.63, 3.8) is 0 Å². The van der Waals surface area contributed by atoms with E-state index in [1.54, 1.807) is 23.6 Å². The first-order chi connectivity index (χ1) is 11.3.